The quantitative estimate of drug-likeness (QED) is 0.720. The minimum absolute atomic E-state index is 0.0527. The molecule has 1 N–H and O–H groups in total. The van der Waals surface area contributed by atoms with Crippen molar-refractivity contribution in [1.29, 1.82) is 0 Å². The molecule has 4 rings (SSSR count). The summed E-state index contributed by atoms with van der Waals surface area (Å²) in [6.45, 7) is 2.79. The van der Waals surface area contributed by atoms with E-state index in [4.69, 9.17) is 9.47 Å². The predicted molar refractivity (Wildman–Crippen MR) is 120 cm³/mol. The molecule has 2 aliphatic rings. The maximum absolute atomic E-state index is 13.0. The van der Waals surface area contributed by atoms with Gasteiger partial charge in [-0.25, -0.2) is 0 Å². The van der Waals surface area contributed by atoms with Gasteiger partial charge >= 0.3 is 0 Å². The molecule has 32 heavy (non-hydrogen) atoms. The first-order chi connectivity index (χ1) is 15.5. The summed E-state index contributed by atoms with van der Waals surface area (Å²) in [5.41, 5.74) is 2.50. The van der Waals surface area contributed by atoms with Crippen molar-refractivity contribution in [2.24, 2.45) is 0 Å². The van der Waals surface area contributed by atoms with Crippen molar-refractivity contribution >= 4 is 29.1 Å². The van der Waals surface area contributed by atoms with Crippen LogP contribution in [0, 0.1) is 0 Å². The van der Waals surface area contributed by atoms with Crippen LogP contribution in [0.2, 0.25) is 0 Å². The lowest BCUT2D eigenvalue weighted by Crippen LogP contribution is -2.52. The summed E-state index contributed by atoms with van der Waals surface area (Å²) in [5.74, 6) is 0.744. The average molecular weight is 437 g/mol. The van der Waals surface area contributed by atoms with Crippen LogP contribution in [-0.4, -0.2) is 44.5 Å². The van der Waals surface area contributed by atoms with Crippen LogP contribution in [-0.2, 0) is 16.1 Å². The second-order valence-corrected chi connectivity index (χ2v) is 7.85. The van der Waals surface area contributed by atoms with Crippen LogP contribution >= 0.6 is 0 Å². The third kappa shape index (κ3) is 3.66. The molecule has 2 aromatic carbocycles. The minimum atomic E-state index is -0.443. The summed E-state index contributed by atoms with van der Waals surface area (Å²) in [6, 6.07) is 10.2. The number of carbonyl (C=O) groups is 3. The van der Waals surface area contributed by atoms with E-state index in [9.17, 15) is 14.4 Å². The van der Waals surface area contributed by atoms with E-state index in [-0.39, 0.29) is 24.3 Å². The summed E-state index contributed by atoms with van der Waals surface area (Å²) in [4.78, 5) is 41.7. The molecule has 1 atom stereocenters. The van der Waals surface area contributed by atoms with E-state index in [0.29, 0.717) is 47.8 Å². The lowest BCUT2D eigenvalue weighted by molar-refractivity contribution is -0.122. The second kappa shape index (κ2) is 8.90. The first-order valence-corrected chi connectivity index (χ1v) is 10.8. The van der Waals surface area contributed by atoms with Gasteiger partial charge in [-0.1, -0.05) is 19.1 Å². The number of hydrogen-bond donors (Lipinski definition) is 1. The molecule has 2 heterocycles. The maximum atomic E-state index is 13.0. The molecule has 168 valence electrons. The zero-order valence-corrected chi connectivity index (χ0v) is 18.5. The highest BCUT2D eigenvalue weighted by Gasteiger charge is 2.44. The molecule has 3 amide bonds. The van der Waals surface area contributed by atoms with Crippen molar-refractivity contribution in [3.63, 3.8) is 0 Å². The summed E-state index contributed by atoms with van der Waals surface area (Å²) < 4.78 is 10.7. The molecular formula is C24H27N3O5. The van der Waals surface area contributed by atoms with Crippen molar-refractivity contribution in [1.82, 2.24) is 5.32 Å². The zero-order valence-electron chi connectivity index (χ0n) is 18.5. The normalized spacial score (nSPS) is 17.2. The molecule has 1 saturated heterocycles. The van der Waals surface area contributed by atoms with Crippen LogP contribution in [0.4, 0.5) is 11.4 Å². The fourth-order valence-corrected chi connectivity index (χ4v) is 4.43. The Balaban J connectivity index is 1.60. The molecule has 8 nitrogen and oxygen atoms in total. The summed E-state index contributed by atoms with van der Waals surface area (Å²) in [5, 5.41) is 2.90. The average Bonchev–Trinajstić information content (AvgIpc) is 3.21. The topological polar surface area (TPSA) is 88.2 Å². The van der Waals surface area contributed by atoms with Gasteiger partial charge in [0.1, 0.15) is 6.04 Å². The molecule has 0 aromatic heterocycles. The van der Waals surface area contributed by atoms with Crippen molar-refractivity contribution in [3.05, 3.63) is 47.5 Å². The summed E-state index contributed by atoms with van der Waals surface area (Å²) in [6.07, 6.45) is 1.67. The number of carbonyl (C=O) groups excluding carboxylic acids is 3. The third-order valence-corrected chi connectivity index (χ3v) is 5.92. The Hall–Kier alpha value is -3.55. The molecule has 0 saturated carbocycles. The van der Waals surface area contributed by atoms with E-state index in [2.05, 4.69) is 5.32 Å². The molecule has 2 aliphatic heterocycles. The van der Waals surface area contributed by atoms with Crippen LogP contribution in [0.5, 0.6) is 11.5 Å². The van der Waals surface area contributed by atoms with Gasteiger partial charge in [-0.15, -0.1) is 0 Å². The Morgan fingerprint density at radius 3 is 2.66 bits per heavy atom. The van der Waals surface area contributed by atoms with Gasteiger partial charge in [-0.3, -0.25) is 19.3 Å². The number of ether oxygens (including phenoxy) is 2. The largest absolute Gasteiger partial charge is 0.493 e. The number of benzene rings is 2. The van der Waals surface area contributed by atoms with E-state index in [1.807, 2.05) is 19.1 Å². The van der Waals surface area contributed by atoms with Crippen LogP contribution in [0.15, 0.2) is 36.4 Å². The maximum Gasteiger partial charge on any atom is 0.251 e. The van der Waals surface area contributed by atoms with Crippen molar-refractivity contribution < 1.29 is 23.9 Å². The van der Waals surface area contributed by atoms with E-state index in [1.54, 1.807) is 48.3 Å². The second-order valence-electron chi connectivity index (χ2n) is 7.85. The van der Waals surface area contributed by atoms with Gasteiger partial charge in [0.05, 0.1) is 25.6 Å². The van der Waals surface area contributed by atoms with Crippen LogP contribution < -0.4 is 24.6 Å². The third-order valence-electron chi connectivity index (χ3n) is 5.92. The molecule has 2 aromatic rings. The van der Waals surface area contributed by atoms with Crippen LogP contribution in [0.1, 0.15) is 42.1 Å². The highest BCUT2D eigenvalue weighted by molar-refractivity contribution is 6.15. The number of nitrogens with zero attached hydrogens (tertiary/aromatic N) is 2. The number of methoxy groups -OCH3 is 2. The van der Waals surface area contributed by atoms with Gasteiger partial charge in [0.15, 0.2) is 11.5 Å². The van der Waals surface area contributed by atoms with Crippen LogP contribution in [0.3, 0.4) is 0 Å². The Kier molecular flexibility index (Phi) is 6.03. The summed E-state index contributed by atoms with van der Waals surface area (Å²) >= 11 is 0. The standard InChI is InChI=1S/C24H27N3O5/c1-4-12-26-19-13-15(8-9-17(19)27-18(24(26)30)10-11-21(27)28)23(29)25-14-16-6-5-7-20(31-2)22(16)32-3/h5-9,13,18H,4,10-12,14H2,1-3H3,(H,25,29). The number of nitrogens with one attached hydrogen (secondary N) is 1. The Bertz CT molecular complexity index is 1070. The van der Waals surface area contributed by atoms with E-state index in [0.717, 1.165) is 12.0 Å². The van der Waals surface area contributed by atoms with Crippen molar-refractivity contribution in [2.45, 2.75) is 38.8 Å². The molecule has 1 fully saturated rings. The first-order valence-electron chi connectivity index (χ1n) is 10.8. The Labute approximate surface area is 187 Å². The fourth-order valence-electron chi connectivity index (χ4n) is 4.43. The first kappa shape index (κ1) is 21.7. The number of fused-ring (bicyclic) bond motifs is 3. The molecule has 8 heteroatoms. The van der Waals surface area contributed by atoms with Gasteiger partial charge in [0.25, 0.3) is 5.91 Å². The van der Waals surface area contributed by atoms with Crippen LogP contribution in [0.25, 0.3) is 0 Å². The fraction of sp³-hybridized carbons (Fsp3) is 0.375. The molecule has 1 unspecified atom stereocenters. The molecule has 0 radical (unpaired) electrons. The number of rotatable bonds is 7. The Morgan fingerprint density at radius 1 is 1.12 bits per heavy atom. The highest BCUT2D eigenvalue weighted by atomic mass is 16.5. The molecular weight excluding hydrogens is 410 g/mol. The van der Waals surface area contributed by atoms with Gasteiger partial charge < -0.3 is 19.7 Å². The van der Waals surface area contributed by atoms with E-state index < -0.39 is 6.04 Å². The lowest BCUT2D eigenvalue weighted by Gasteiger charge is -2.38. The van der Waals surface area contributed by atoms with Gasteiger partial charge in [0.2, 0.25) is 11.8 Å². The molecule has 0 bridgehead atoms. The Morgan fingerprint density at radius 2 is 1.94 bits per heavy atom. The SMILES string of the molecule is CCCN1C(=O)C2CCC(=O)N2c2ccc(C(=O)NCc3cccc(OC)c3OC)cc21. The highest BCUT2D eigenvalue weighted by Crippen LogP contribution is 2.41. The molecule has 0 aliphatic carbocycles. The number of amides is 3. The minimum Gasteiger partial charge on any atom is -0.493 e. The number of hydrogen-bond acceptors (Lipinski definition) is 5. The van der Waals surface area contributed by atoms with Gasteiger partial charge in [-0.05, 0) is 37.1 Å². The monoisotopic (exact) mass is 437 g/mol. The van der Waals surface area contributed by atoms with Crippen molar-refractivity contribution in [2.75, 3.05) is 30.6 Å². The summed E-state index contributed by atoms with van der Waals surface area (Å²) in [7, 11) is 3.12. The molecule has 0 spiro atoms. The predicted octanol–water partition coefficient (Wildman–Crippen LogP) is 2.89. The zero-order chi connectivity index (χ0) is 22.8. The lowest BCUT2D eigenvalue weighted by atomic mass is 10.0. The van der Waals surface area contributed by atoms with E-state index >= 15 is 0 Å². The van der Waals surface area contributed by atoms with E-state index in [1.165, 1.54) is 0 Å². The smallest absolute Gasteiger partial charge is 0.251 e. The van der Waals surface area contributed by atoms with Crippen molar-refractivity contribution in [3.8, 4) is 11.5 Å². The van der Waals surface area contributed by atoms with Gasteiger partial charge in [-0.2, -0.15) is 0 Å². The number of para-hydroxylation sites is 1. The van der Waals surface area contributed by atoms with Gasteiger partial charge in [0, 0.05) is 30.6 Å². The number of anilines is 2.